The summed E-state index contributed by atoms with van der Waals surface area (Å²) in [7, 11) is 0. The van der Waals surface area contributed by atoms with E-state index >= 15 is 0 Å². The van der Waals surface area contributed by atoms with Gasteiger partial charge in [-0.05, 0) is 26.7 Å². The highest BCUT2D eigenvalue weighted by atomic mass is 16.5. The molecular formula is C13H22N2O3. The molecule has 1 N–H and O–H groups in total. The van der Waals surface area contributed by atoms with Crippen LogP contribution in [0.15, 0.2) is 0 Å². The number of hydrogen-bond donors (Lipinski definition) is 1. The summed E-state index contributed by atoms with van der Waals surface area (Å²) in [6, 6.07) is 0. The molecule has 0 atom stereocenters. The zero-order chi connectivity index (χ0) is 13.2. The number of carbonyl (C=O) groups is 2. The molecule has 0 radical (unpaired) electrons. The second kappa shape index (κ2) is 5.26. The molecule has 2 fully saturated rings. The van der Waals surface area contributed by atoms with Gasteiger partial charge in [0.15, 0.2) is 0 Å². The van der Waals surface area contributed by atoms with Crippen LogP contribution < -0.4 is 5.32 Å². The van der Waals surface area contributed by atoms with Gasteiger partial charge in [0.05, 0.1) is 19.3 Å². The van der Waals surface area contributed by atoms with E-state index in [1.807, 2.05) is 13.8 Å². The van der Waals surface area contributed by atoms with Crippen molar-refractivity contribution in [1.29, 1.82) is 0 Å². The molecule has 1 aliphatic heterocycles. The van der Waals surface area contributed by atoms with Gasteiger partial charge in [-0.2, -0.15) is 0 Å². The largest absolute Gasteiger partial charge is 0.377 e. The quantitative estimate of drug-likeness (QED) is 0.802. The smallest absolute Gasteiger partial charge is 0.248 e. The summed E-state index contributed by atoms with van der Waals surface area (Å²) in [5, 5.41) is 2.90. The number of rotatable bonds is 4. The topological polar surface area (TPSA) is 58.6 Å². The maximum atomic E-state index is 12.4. The molecule has 1 heterocycles. The van der Waals surface area contributed by atoms with Crippen LogP contribution in [0.1, 0.15) is 39.5 Å². The number of nitrogens with one attached hydrogen (secondary N) is 1. The number of ether oxygens (including phenoxy) is 1. The normalized spacial score (nSPS) is 22.9. The fraction of sp³-hybridized carbons (Fsp3) is 0.846. The molecule has 0 aromatic heterocycles. The van der Waals surface area contributed by atoms with Crippen LogP contribution in [-0.4, -0.2) is 48.1 Å². The molecule has 5 heteroatoms. The average molecular weight is 254 g/mol. The van der Waals surface area contributed by atoms with Crippen LogP contribution in [0.2, 0.25) is 0 Å². The summed E-state index contributed by atoms with van der Waals surface area (Å²) < 4.78 is 5.45. The van der Waals surface area contributed by atoms with Gasteiger partial charge >= 0.3 is 0 Å². The number of hydrogen-bond acceptors (Lipinski definition) is 3. The van der Waals surface area contributed by atoms with E-state index in [2.05, 4.69) is 5.32 Å². The van der Waals surface area contributed by atoms with Crippen molar-refractivity contribution < 1.29 is 14.3 Å². The van der Waals surface area contributed by atoms with Crippen molar-refractivity contribution in [3.05, 3.63) is 0 Å². The summed E-state index contributed by atoms with van der Waals surface area (Å²) >= 11 is 0. The minimum absolute atomic E-state index is 0.0407. The Balaban J connectivity index is 1.97. The van der Waals surface area contributed by atoms with Gasteiger partial charge in [-0.25, -0.2) is 0 Å². The Hall–Kier alpha value is -1.10. The Kier molecular flexibility index (Phi) is 3.90. The molecule has 1 aliphatic carbocycles. The predicted molar refractivity (Wildman–Crippen MR) is 67.0 cm³/mol. The fourth-order valence-corrected chi connectivity index (χ4v) is 2.80. The lowest BCUT2D eigenvalue weighted by molar-refractivity contribution is -0.150. The Morgan fingerprint density at radius 3 is 2.61 bits per heavy atom. The summed E-state index contributed by atoms with van der Waals surface area (Å²) in [6.45, 7) is 5.09. The SMILES string of the molecule is CC(C)OCCN1CC(=O)NC2(CCCC2)C1=O. The standard InChI is InChI=1S/C13H22N2O3/c1-10(2)18-8-7-15-9-11(16)14-13(12(15)17)5-3-4-6-13/h10H,3-9H2,1-2H3,(H,14,16). The highest BCUT2D eigenvalue weighted by Gasteiger charge is 2.47. The van der Waals surface area contributed by atoms with Gasteiger partial charge in [-0.15, -0.1) is 0 Å². The lowest BCUT2D eigenvalue weighted by atomic mass is 9.93. The number of nitrogens with zero attached hydrogens (tertiary/aromatic N) is 1. The molecule has 0 aromatic rings. The number of piperazine rings is 1. The van der Waals surface area contributed by atoms with Crippen LogP contribution in [0.5, 0.6) is 0 Å². The third-order valence-corrected chi connectivity index (χ3v) is 3.68. The van der Waals surface area contributed by atoms with E-state index < -0.39 is 5.54 Å². The number of carbonyl (C=O) groups excluding carboxylic acids is 2. The van der Waals surface area contributed by atoms with E-state index in [0.29, 0.717) is 13.2 Å². The van der Waals surface area contributed by atoms with Crippen molar-refractivity contribution in [2.24, 2.45) is 0 Å². The summed E-state index contributed by atoms with van der Waals surface area (Å²) in [5.41, 5.74) is -0.604. The van der Waals surface area contributed by atoms with Crippen LogP contribution in [0.25, 0.3) is 0 Å². The lowest BCUT2D eigenvalue weighted by Gasteiger charge is -2.39. The van der Waals surface area contributed by atoms with Crippen molar-refractivity contribution in [2.45, 2.75) is 51.2 Å². The van der Waals surface area contributed by atoms with Crippen molar-refractivity contribution in [3.8, 4) is 0 Å². The first kappa shape index (κ1) is 13.3. The minimum atomic E-state index is -0.604. The molecule has 1 spiro atoms. The minimum Gasteiger partial charge on any atom is -0.377 e. The van der Waals surface area contributed by atoms with Crippen molar-refractivity contribution in [2.75, 3.05) is 19.7 Å². The van der Waals surface area contributed by atoms with E-state index in [-0.39, 0.29) is 24.5 Å². The fourth-order valence-electron chi connectivity index (χ4n) is 2.80. The van der Waals surface area contributed by atoms with E-state index in [4.69, 9.17) is 4.74 Å². The molecule has 2 aliphatic rings. The molecule has 0 aromatic carbocycles. The first-order valence-corrected chi connectivity index (χ1v) is 6.75. The van der Waals surface area contributed by atoms with Gasteiger partial charge in [-0.1, -0.05) is 12.8 Å². The molecule has 2 rings (SSSR count). The van der Waals surface area contributed by atoms with Crippen LogP contribution in [0, 0.1) is 0 Å². The maximum absolute atomic E-state index is 12.4. The Bertz CT molecular complexity index is 335. The Morgan fingerprint density at radius 2 is 2.00 bits per heavy atom. The molecule has 0 unspecified atom stereocenters. The maximum Gasteiger partial charge on any atom is 0.248 e. The average Bonchev–Trinajstić information content (AvgIpc) is 2.74. The van der Waals surface area contributed by atoms with E-state index in [1.54, 1.807) is 4.90 Å². The Morgan fingerprint density at radius 1 is 1.33 bits per heavy atom. The molecule has 18 heavy (non-hydrogen) atoms. The first-order chi connectivity index (χ1) is 8.53. The molecule has 1 saturated heterocycles. The summed E-state index contributed by atoms with van der Waals surface area (Å²) in [4.78, 5) is 25.8. The highest BCUT2D eigenvalue weighted by Crippen LogP contribution is 2.33. The van der Waals surface area contributed by atoms with E-state index in [9.17, 15) is 9.59 Å². The van der Waals surface area contributed by atoms with Crippen LogP contribution >= 0.6 is 0 Å². The van der Waals surface area contributed by atoms with Crippen molar-refractivity contribution in [1.82, 2.24) is 10.2 Å². The first-order valence-electron chi connectivity index (χ1n) is 6.75. The molecule has 0 bridgehead atoms. The van der Waals surface area contributed by atoms with Gasteiger partial charge in [0.2, 0.25) is 11.8 Å². The van der Waals surface area contributed by atoms with E-state index in [0.717, 1.165) is 25.7 Å². The second-order valence-electron chi connectivity index (χ2n) is 5.48. The van der Waals surface area contributed by atoms with E-state index in [1.165, 1.54) is 0 Å². The van der Waals surface area contributed by atoms with Crippen molar-refractivity contribution >= 4 is 11.8 Å². The molecular weight excluding hydrogens is 232 g/mol. The van der Waals surface area contributed by atoms with Crippen LogP contribution in [0.4, 0.5) is 0 Å². The number of amides is 2. The van der Waals surface area contributed by atoms with Crippen LogP contribution in [-0.2, 0) is 14.3 Å². The summed E-state index contributed by atoms with van der Waals surface area (Å²) in [5.74, 6) is 0.0352. The van der Waals surface area contributed by atoms with Gasteiger partial charge < -0.3 is 15.0 Å². The van der Waals surface area contributed by atoms with Gasteiger partial charge in [0, 0.05) is 6.54 Å². The molecule has 1 saturated carbocycles. The van der Waals surface area contributed by atoms with Gasteiger partial charge in [0.1, 0.15) is 5.54 Å². The monoisotopic (exact) mass is 254 g/mol. The van der Waals surface area contributed by atoms with Gasteiger partial charge in [-0.3, -0.25) is 9.59 Å². The lowest BCUT2D eigenvalue weighted by Crippen LogP contribution is -2.65. The van der Waals surface area contributed by atoms with Crippen LogP contribution in [0.3, 0.4) is 0 Å². The molecule has 5 nitrogen and oxygen atoms in total. The Labute approximate surface area is 108 Å². The van der Waals surface area contributed by atoms with Crippen molar-refractivity contribution in [3.63, 3.8) is 0 Å². The third kappa shape index (κ3) is 2.66. The third-order valence-electron chi connectivity index (χ3n) is 3.68. The molecule has 102 valence electrons. The summed E-state index contributed by atoms with van der Waals surface area (Å²) in [6.07, 6.45) is 3.74. The predicted octanol–water partition coefficient (Wildman–Crippen LogP) is 0.683. The second-order valence-corrected chi connectivity index (χ2v) is 5.48. The zero-order valence-corrected chi connectivity index (χ0v) is 11.2. The zero-order valence-electron chi connectivity index (χ0n) is 11.2. The molecule has 2 amide bonds. The van der Waals surface area contributed by atoms with Gasteiger partial charge in [0.25, 0.3) is 0 Å². The highest BCUT2D eigenvalue weighted by molar-refractivity contribution is 5.98.